The lowest BCUT2D eigenvalue weighted by atomic mass is 9.82. The topological polar surface area (TPSA) is 46.2 Å². The number of hydrogen-bond donors (Lipinski definition) is 2. The van der Waals surface area contributed by atoms with Crippen LogP contribution in [0.1, 0.15) is 44.9 Å². The summed E-state index contributed by atoms with van der Waals surface area (Å²) >= 11 is 0. The van der Waals surface area contributed by atoms with Crippen molar-refractivity contribution in [2.45, 2.75) is 40.2 Å². The zero-order chi connectivity index (χ0) is 11.6. The molecule has 0 saturated carbocycles. The first-order chi connectivity index (χ1) is 6.88. The molecule has 0 aliphatic rings. The van der Waals surface area contributed by atoms with E-state index in [0.29, 0.717) is 5.75 Å². The molecule has 3 N–H and O–H groups in total. The van der Waals surface area contributed by atoms with Crippen LogP contribution in [0.25, 0.3) is 0 Å². The summed E-state index contributed by atoms with van der Waals surface area (Å²) in [6.45, 7) is 8.27. The van der Waals surface area contributed by atoms with Crippen molar-refractivity contribution in [3.05, 3.63) is 29.3 Å². The first-order valence-corrected chi connectivity index (χ1v) is 5.44. The molecule has 1 atom stereocenters. The van der Waals surface area contributed by atoms with Crippen molar-refractivity contribution >= 4 is 0 Å². The molecule has 1 aromatic rings. The highest BCUT2D eigenvalue weighted by atomic mass is 16.3. The van der Waals surface area contributed by atoms with Crippen LogP contribution in [-0.4, -0.2) is 5.11 Å². The largest absolute Gasteiger partial charge is 0.507 e. The summed E-state index contributed by atoms with van der Waals surface area (Å²) in [5.74, 6) is 0.363. The number of para-hydroxylation sites is 1. The molecule has 2 heteroatoms. The van der Waals surface area contributed by atoms with E-state index in [1.165, 1.54) is 0 Å². The Bertz CT molecular complexity index is 339. The predicted molar refractivity (Wildman–Crippen MR) is 63.9 cm³/mol. The Hall–Kier alpha value is -1.02. The molecule has 1 rings (SSSR count). The summed E-state index contributed by atoms with van der Waals surface area (Å²) in [5, 5.41) is 10.0. The fraction of sp³-hybridized carbons (Fsp3) is 0.538. The van der Waals surface area contributed by atoms with Gasteiger partial charge in [-0.15, -0.1) is 0 Å². The summed E-state index contributed by atoms with van der Waals surface area (Å²) in [7, 11) is 0. The molecule has 0 heterocycles. The lowest BCUT2D eigenvalue weighted by Crippen LogP contribution is -2.26. The quantitative estimate of drug-likeness (QED) is 0.783. The van der Waals surface area contributed by atoms with E-state index >= 15 is 0 Å². The number of nitrogens with two attached hydrogens (primary N) is 1. The van der Waals surface area contributed by atoms with Crippen LogP contribution in [0, 0.1) is 5.41 Å². The fourth-order valence-electron chi connectivity index (χ4n) is 1.61. The van der Waals surface area contributed by atoms with Crippen LogP contribution in [0.15, 0.2) is 18.2 Å². The molecule has 0 spiro atoms. The van der Waals surface area contributed by atoms with Crippen LogP contribution < -0.4 is 5.73 Å². The Labute approximate surface area is 92.1 Å². The number of rotatable bonds is 2. The SMILES string of the molecule is CCc1cccc([C@H](N)C(C)(C)C)c1O. The molecule has 0 aromatic heterocycles. The number of phenolic OH excluding ortho intramolecular Hbond substituents is 1. The summed E-state index contributed by atoms with van der Waals surface area (Å²) in [6, 6.07) is 5.67. The van der Waals surface area contributed by atoms with E-state index in [-0.39, 0.29) is 11.5 Å². The van der Waals surface area contributed by atoms with Gasteiger partial charge in [0.1, 0.15) is 5.75 Å². The minimum Gasteiger partial charge on any atom is -0.507 e. The molecule has 0 bridgehead atoms. The molecule has 0 aliphatic carbocycles. The maximum absolute atomic E-state index is 10.0. The minimum absolute atomic E-state index is 0.0379. The van der Waals surface area contributed by atoms with Gasteiger partial charge in [-0.1, -0.05) is 45.9 Å². The highest BCUT2D eigenvalue weighted by Crippen LogP contribution is 2.36. The normalized spacial score (nSPS) is 13.9. The minimum atomic E-state index is -0.135. The average Bonchev–Trinajstić information content (AvgIpc) is 2.16. The van der Waals surface area contributed by atoms with Gasteiger partial charge in [0, 0.05) is 11.6 Å². The van der Waals surface area contributed by atoms with Crippen molar-refractivity contribution < 1.29 is 5.11 Å². The zero-order valence-electron chi connectivity index (χ0n) is 10.0. The van der Waals surface area contributed by atoms with E-state index in [4.69, 9.17) is 5.73 Å². The summed E-state index contributed by atoms with van der Waals surface area (Å²) in [4.78, 5) is 0. The number of benzene rings is 1. The van der Waals surface area contributed by atoms with E-state index < -0.39 is 0 Å². The van der Waals surface area contributed by atoms with Gasteiger partial charge in [-0.2, -0.15) is 0 Å². The molecule has 0 fully saturated rings. The van der Waals surface area contributed by atoms with Crippen molar-refractivity contribution in [3.8, 4) is 5.75 Å². The second-order valence-corrected chi connectivity index (χ2v) is 5.05. The number of phenols is 1. The highest BCUT2D eigenvalue weighted by Gasteiger charge is 2.25. The van der Waals surface area contributed by atoms with Gasteiger partial charge < -0.3 is 10.8 Å². The van der Waals surface area contributed by atoms with Crippen LogP contribution in [0.5, 0.6) is 5.75 Å². The molecular weight excluding hydrogens is 186 g/mol. The molecular formula is C13H21NO. The van der Waals surface area contributed by atoms with Crippen LogP contribution >= 0.6 is 0 Å². The number of aromatic hydroxyl groups is 1. The molecule has 84 valence electrons. The van der Waals surface area contributed by atoms with Gasteiger partial charge >= 0.3 is 0 Å². The molecule has 0 amide bonds. The summed E-state index contributed by atoms with van der Waals surface area (Å²) in [6.07, 6.45) is 0.830. The van der Waals surface area contributed by atoms with Gasteiger partial charge in [0.25, 0.3) is 0 Å². The third-order valence-corrected chi connectivity index (χ3v) is 2.80. The van der Waals surface area contributed by atoms with Crippen LogP contribution in [0.4, 0.5) is 0 Å². The fourth-order valence-corrected chi connectivity index (χ4v) is 1.61. The monoisotopic (exact) mass is 207 g/mol. The molecule has 0 unspecified atom stereocenters. The lowest BCUT2D eigenvalue weighted by molar-refractivity contribution is 0.317. The van der Waals surface area contributed by atoms with Crippen LogP contribution in [0.3, 0.4) is 0 Å². The summed E-state index contributed by atoms with van der Waals surface area (Å²) in [5.41, 5.74) is 7.91. The molecule has 2 nitrogen and oxygen atoms in total. The second kappa shape index (κ2) is 4.23. The van der Waals surface area contributed by atoms with Crippen molar-refractivity contribution in [2.75, 3.05) is 0 Å². The van der Waals surface area contributed by atoms with Crippen LogP contribution in [-0.2, 0) is 6.42 Å². The maximum Gasteiger partial charge on any atom is 0.123 e. The van der Waals surface area contributed by atoms with E-state index in [2.05, 4.69) is 20.8 Å². The Morgan fingerprint density at radius 1 is 1.33 bits per heavy atom. The van der Waals surface area contributed by atoms with Crippen LogP contribution in [0.2, 0.25) is 0 Å². The Morgan fingerprint density at radius 3 is 2.40 bits per heavy atom. The summed E-state index contributed by atoms with van der Waals surface area (Å²) < 4.78 is 0. The third-order valence-electron chi connectivity index (χ3n) is 2.80. The van der Waals surface area contributed by atoms with E-state index in [9.17, 15) is 5.11 Å². The number of aryl methyl sites for hydroxylation is 1. The van der Waals surface area contributed by atoms with Gasteiger partial charge in [0.15, 0.2) is 0 Å². The second-order valence-electron chi connectivity index (χ2n) is 5.05. The zero-order valence-corrected chi connectivity index (χ0v) is 10.0. The first kappa shape index (κ1) is 12.1. The Morgan fingerprint density at radius 2 is 1.93 bits per heavy atom. The third kappa shape index (κ3) is 2.51. The van der Waals surface area contributed by atoms with Crippen molar-refractivity contribution in [3.63, 3.8) is 0 Å². The van der Waals surface area contributed by atoms with E-state index in [1.54, 1.807) is 0 Å². The molecule has 0 radical (unpaired) electrons. The average molecular weight is 207 g/mol. The van der Waals surface area contributed by atoms with Gasteiger partial charge in [-0.25, -0.2) is 0 Å². The Balaban J connectivity index is 3.15. The van der Waals surface area contributed by atoms with Gasteiger partial charge in [-0.05, 0) is 17.4 Å². The number of hydrogen-bond acceptors (Lipinski definition) is 2. The molecule has 0 aliphatic heterocycles. The van der Waals surface area contributed by atoms with Gasteiger partial charge in [-0.3, -0.25) is 0 Å². The highest BCUT2D eigenvalue weighted by molar-refractivity contribution is 5.42. The molecule has 15 heavy (non-hydrogen) atoms. The van der Waals surface area contributed by atoms with Gasteiger partial charge in [0.05, 0.1) is 0 Å². The first-order valence-electron chi connectivity index (χ1n) is 5.44. The van der Waals surface area contributed by atoms with Gasteiger partial charge in [0.2, 0.25) is 0 Å². The molecule has 0 saturated heterocycles. The Kier molecular flexibility index (Phi) is 3.40. The predicted octanol–water partition coefficient (Wildman–Crippen LogP) is 3.00. The van der Waals surface area contributed by atoms with E-state index in [1.807, 2.05) is 25.1 Å². The smallest absolute Gasteiger partial charge is 0.123 e. The molecule has 1 aromatic carbocycles. The lowest BCUT2D eigenvalue weighted by Gasteiger charge is -2.28. The maximum atomic E-state index is 10.0. The van der Waals surface area contributed by atoms with Crippen molar-refractivity contribution in [1.29, 1.82) is 0 Å². The van der Waals surface area contributed by atoms with Crippen molar-refractivity contribution in [2.24, 2.45) is 11.1 Å². The van der Waals surface area contributed by atoms with Crippen molar-refractivity contribution in [1.82, 2.24) is 0 Å². The van der Waals surface area contributed by atoms with E-state index in [0.717, 1.165) is 17.5 Å². The standard InChI is InChI=1S/C13H21NO/c1-5-9-7-6-8-10(11(9)15)12(14)13(2,3)4/h6-8,12,15H,5,14H2,1-4H3/t12-/m0/s1.